The minimum absolute atomic E-state index is 0.0690. The maximum absolute atomic E-state index is 12.9. The lowest BCUT2D eigenvalue weighted by molar-refractivity contribution is -0.135. The van der Waals surface area contributed by atoms with E-state index in [1.54, 1.807) is 24.5 Å². The van der Waals surface area contributed by atoms with Crippen LogP contribution in [0.4, 0.5) is 0 Å². The summed E-state index contributed by atoms with van der Waals surface area (Å²) in [5.74, 6) is 0.0872. The van der Waals surface area contributed by atoms with Gasteiger partial charge in [0, 0.05) is 41.1 Å². The lowest BCUT2D eigenvalue weighted by Gasteiger charge is -2.39. The summed E-state index contributed by atoms with van der Waals surface area (Å²) >= 11 is 6.03. The molecule has 3 atom stereocenters. The number of hydrogen-bond donors (Lipinski definition) is 1. The highest BCUT2D eigenvalue weighted by Crippen LogP contribution is 2.36. The lowest BCUT2D eigenvalue weighted by Crippen LogP contribution is -2.52. The number of piperidine rings is 1. The molecule has 1 aromatic carbocycles. The van der Waals surface area contributed by atoms with Crippen LogP contribution < -0.4 is 5.32 Å². The first-order chi connectivity index (χ1) is 13.1. The van der Waals surface area contributed by atoms with E-state index in [9.17, 15) is 9.59 Å². The van der Waals surface area contributed by atoms with E-state index in [0.717, 1.165) is 31.2 Å². The first-order valence-corrected chi connectivity index (χ1v) is 9.74. The van der Waals surface area contributed by atoms with E-state index in [1.165, 1.54) is 0 Å². The van der Waals surface area contributed by atoms with Crippen molar-refractivity contribution in [3.8, 4) is 0 Å². The molecule has 2 aromatic rings. The van der Waals surface area contributed by atoms with Gasteiger partial charge in [0.2, 0.25) is 5.91 Å². The number of aromatic nitrogens is 1. The molecule has 2 saturated heterocycles. The number of benzene rings is 1. The summed E-state index contributed by atoms with van der Waals surface area (Å²) < 4.78 is 0. The van der Waals surface area contributed by atoms with Crippen molar-refractivity contribution >= 4 is 23.4 Å². The molecule has 2 amide bonds. The molecule has 5 nitrogen and oxygen atoms in total. The van der Waals surface area contributed by atoms with E-state index in [-0.39, 0.29) is 29.9 Å². The molecule has 0 aliphatic carbocycles. The number of hydrogen-bond acceptors (Lipinski definition) is 3. The van der Waals surface area contributed by atoms with Crippen LogP contribution in [0.25, 0.3) is 0 Å². The highest BCUT2D eigenvalue weighted by atomic mass is 35.5. The Hall–Kier alpha value is -2.40. The SMILES string of the molecule is O=C(NC1C[C@H]2CC[C@@H](C1)N2C(=O)Cc1cccc(Cl)c1)c1ccncc1. The topological polar surface area (TPSA) is 62.3 Å². The molecule has 1 aromatic heterocycles. The number of pyridine rings is 1. The second-order valence-corrected chi connectivity index (χ2v) is 7.81. The average Bonchev–Trinajstić information content (AvgIpc) is 2.93. The predicted molar refractivity (Wildman–Crippen MR) is 104 cm³/mol. The lowest BCUT2D eigenvalue weighted by atomic mass is 9.96. The molecule has 2 aliphatic heterocycles. The molecular weight excluding hydrogens is 362 g/mol. The summed E-state index contributed by atoms with van der Waals surface area (Å²) in [5, 5.41) is 3.78. The summed E-state index contributed by atoms with van der Waals surface area (Å²) in [6.07, 6.45) is 7.26. The molecule has 0 spiro atoms. The molecule has 0 radical (unpaired) electrons. The largest absolute Gasteiger partial charge is 0.349 e. The number of fused-ring (bicyclic) bond motifs is 2. The van der Waals surface area contributed by atoms with Crippen LogP contribution in [0.3, 0.4) is 0 Å². The van der Waals surface area contributed by atoms with E-state index < -0.39 is 0 Å². The third kappa shape index (κ3) is 3.98. The highest BCUT2D eigenvalue weighted by molar-refractivity contribution is 6.30. The van der Waals surface area contributed by atoms with Gasteiger partial charge in [-0.15, -0.1) is 0 Å². The fourth-order valence-electron chi connectivity index (χ4n) is 4.39. The Kier molecular flexibility index (Phi) is 5.12. The van der Waals surface area contributed by atoms with Gasteiger partial charge >= 0.3 is 0 Å². The molecule has 1 N–H and O–H groups in total. The molecule has 2 aliphatic rings. The van der Waals surface area contributed by atoms with Gasteiger partial charge in [0.25, 0.3) is 5.91 Å². The van der Waals surface area contributed by atoms with E-state index >= 15 is 0 Å². The van der Waals surface area contributed by atoms with Gasteiger partial charge in [-0.05, 0) is 55.5 Å². The Balaban J connectivity index is 1.38. The maximum atomic E-state index is 12.9. The fraction of sp³-hybridized carbons (Fsp3) is 0.381. The summed E-state index contributed by atoms with van der Waals surface area (Å²) in [6, 6.07) is 11.4. The molecular formula is C21H22ClN3O2. The maximum Gasteiger partial charge on any atom is 0.251 e. The summed E-state index contributed by atoms with van der Waals surface area (Å²) in [5.41, 5.74) is 1.57. The van der Waals surface area contributed by atoms with Crippen LogP contribution in [-0.4, -0.2) is 39.8 Å². The molecule has 2 fully saturated rings. The zero-order valence-electron chi connectivity index (χ0n) is 15.0. The standard InChI is InChI=1S/C21H22ClN3O2/c22-16-3-1-2-14(10-16)11-20(26)25-18-4-5-19(25)13-17(12-18)24-21(27)15-6-8-23-9-7-15/h1-3,6-10,17-19H,4-5,11-13H2,(H,24,27)/t17?,18-,19+. The van der Waals surface area contributed by atoms with Crippen molar-refractivity contribution in [1.29, 1.82) is 0 Å². The van der Waals surface area contributed by atoms with Crippen molar-refractivity contribution in [1.82, 2.24) is 15.2 Å². The Labute approximate surface area is 163 Å². The number of nitrogens with zero attached hydrogens (tertiary/aromatic N) is 2. The first kappa shape index (κ1) is 18.0. The molecule has 6 heteroatoms. The second-order valence-electron chi connectivity index (χ2n) is 7.37. The van der Waals surface area contributed by atoms with Crippen LogP contribution in [0.5, 0.6) is 0 Å². The smallest absolute Gasteiger partial charge is 0.251 e. The van der Waals surface area contributed by atoms with Crippen molar-refractivity contribution in [3.63, 3.8) is 0 Å². The van der Waals surface area contributed by atoms with Gasteiger partial charge in [-0.3, -0.25) is 14.6 Å². The minimum Gasteiger partial charge on any atom is -0.349 e. The Morgan fingerprint density at radius 3 is 2.48 bits per heavy atom. The average molecular weight is 384 g/mol. The molecule has 4 rings (SSSR count). The third-order valence-electron chi connectivity index (χ3n) is 5.54. The predicted octanol–water partition coefficient (Wildman–Crippen LogP) is 3.23. The Bertz CT molecular complexity index is 828. The fourth-order valence-corrected chi connectivity index (χ4v) is 4.60. The third-order valence-corrected chi connectivity index (χ3v) is 5.78. The number of amides is 2. The van der Waals surface area contributed by atoms with E-state index in [1.807, 2.05) is 24.3 Å². The highest BCUT2D eigenvalue weighted by Gasteiger charge is 2.43. The van der Waals surface area contributed by atoms with E-state index in [0.29, 0.717) is 17.0 Å². The summed E-state index contributed by atoms with van der Waals surface area (Å²) in [7, 11) is 0. The number of rotatable bonds is 4. The van der Waals surface area contributed by atoms with E-state index in [2.05, 4.69) is 15.2 Å². The molecule has 27 heavy (non-hydrogen) atoms. The van der Waals surface area contributed by atoms with Crippen molar-refractivity contribution in [3.05, 3.63) is 64.9 Å². The van der Waals surface area contributed by atoms with Gasteiger partial charge in [-0.1, -0.05) is 23.7 Å². The van der Waals surface area contributed by atoms with Crippen molar-refractivity contribution in [2.75, 3.05) is 0 Å². The van der Waals surface area contributed by atoms with Gasteiger partial charge in [-0.25, -0.2) is 0 Å². The summed E-state index contributed by atoms with van der Waals surface area (Å²) in [4.78, 5) is 31.3. The van der Waals surface area contributed by atoms with Gasteiger partial charge < -0.3 is 10.2 Å². The minimum atomic E-state index is -0.0690. The number of halogens is 1. The van der Waals surface area contributed by atoms with Gasteiger partial charge in [0.15, 0.2) is 0 Å². The molecule has 2 bridgehead atoms. The van der Waals surface area contributed by atoms with Crippen LogP contribution in [0, 0.1) is 0 Å². The van der Waals surface area contributed by atoms with Crippen LogP contribution in [0.2, 0.25) is 5.02 Å². The molecule has 0 saturated carbocycles. The Morgan fingerprint density at radius 2 is 1.81 bits per heavy atom. The van der Waals surface area contributed by atoms with Crippen molar-refractivity contribution in [2.24, 2.45) is 0 Å². The molecule has 140 valence electrons. The molecule has 3 heterocycles. The van der Waals surface area contributed by atoms with Crippen LogP contribution in [0.1, 0.15) is 41.6 Å². The van der Waals surface area contributed by atoms with Crippen LogP contribution >= 0.6 is 11.6 Å². The second kappa shape index (κ2) is 7.69. The monoisotopic (exact) mass is 383 g/mol. The van der Waals surface area contributed by atoms with Gasteiger partial charge in [0.1, 0.15) is 0 Å². The van der Waals surface area contributed by atoms with Gasteiger partial charge in [0.05, 0.1) is 6.42 Å². The Morgan fingerprint density at radius 1 is 1.11 bits per heavy atom. The van der Waals surface area contributed by atoms with Crippen LogP contribution in [-0.2, 0) is 11.2 Å². The zero-order valence-corrected chi connectivity index (χ0v) is 15.7. The first-order valence-electron chi connectivity index (χ1n) is 9.36. The quantitative estimate of drug-likeness (QED) is 0.881. The van der Waals surface area contributed by atoms with E-state index in [4.69, 9.17) is 11.6 Å². The molecule has 1 unspecified atom stereocenters. The normalized spacial score (nSPS) is 23.9. The number of carbonyl (C=O) groups is 2. The van der Waals surface area contributed by atoms with Crippen molar-refractivity contribution < 1.29 is 9.59 Å². The van der Waals surface area contributed by atoms with Crippen LogP contribution in [0.15, 0.2) is 48.8 Å². The van der Waals surface area contributed by atoms with Crippen molar-refractivity contribution in [2.45, 2.75) is 50.2 Å². The number of carbonyl (C=O) groups excluding carboxylic acids is 2. The zero-order chi connectivity index (χ0) is 18.8. The number of nitrogens with one attached hydrogen (secondary N) is 1. The van der Waals surface area contributed by atoms with Gasteiger partial charge in [-0.2, -0.15) is 0 Å². The summed E-state index contributed by atoms with van der Waals surface area (Å²) in [6.45, 7) is 0.